The van der Waals surface area contributed by atoms with Crippen LogP contribution in [0.1, 0.15) is 26.7 Å². The van der Waals surface area contributed by atoms with Crippen LogP contribution in [0.2, 0.25) is 5.02 Å². The van der Waals surface area contributed by atoms with E-state index in [-0.39, 0.29) is 0 Å². The number of amidine groups is 1. The minimum atomic E-state index is -0.727. The lowest BCUT2D eigenvalue weighted by molar-refractivity contribution is 0.0778. The van der Waals surface area contributed by atoms with Gasteiger partial charge in [0.25, 0.3) is 0 Å². The first-order chi connectivity index (χ1) is 11.5. The second-order valence-electron chi connectivity index (χ2n) is 7.02. The quantitative estimate of drug-likeness (QED) is 0.517. The molecule has 3 saturated heterocycles. The zero-order chi connectivity index (χ0) is 17.2. The Morgan fingerprint density at radius 1 is 1.33 bits per heavy atom. The summed E-state index contributed by atoms with van der Waals surface area (Å²) in [6.45, 7) is 7.21. The average molecular weight is 347 g/mol. The molecule has 1 N–H and O–H groups in total. The number of aliphatic imine (C=N–C) groups is 1. The minimum absolute atomic E-state index is 0.327. The Kier molecular flexibility index (Phi) is 4.98. The smallest absolute Gasteiger partial charge is 0.207 e. The van der Waals surface area contributed by atoms with E-state index in [1.807, 2.05) is 32.2 Å². The normalized spacial score (nSPS) is 26.8. The highest BCUT2D eigenvalue weighted by Gasteiger charge is 2.37. The Labute approximate surface area is 148 Å². The Bertz CT molecular complexity index is 642. The van der Waals surface area contributed by atoms with Gasteiger partial charge in [-0.15, -0.1) is 0 Å². The third-order valence-electron chi connectivity index (χ3n) is 4.90. The molecule has 3 fully saturated rings. The van der Waals surface area contributed by atoms with Crippen molar-refractivity contribution in [2.45, 2.75) is 38.3 Å². The molecule has 128 valence electrons. The van der Waals surface area contributed by atoms with Crippen molar-refractivity contribution in [2.24, 2.45) is 10.9 Å². The highest BCUT2D eigenvalue weighted by atomic mass is 35.5. The third-order valence-corrected chi connectivity index (χ3v) is 5.15. The lowest BCUT2D eigenvalue weighted by Crippen LogP contribution is -2.60. The van der Waals surface area contributed by atoms with Gasteiger partial charge in [0.05, 0.1) is 0 Å². The Balaban J connectivity index is 1.73. The van der Waals surface area contributed by atoms with Crippen LogP contribution in [0.3, 0.4) is 0 Å². The molecule has 5 nitrogen and oxygen atoms in total. The number of fused-ring (bicyclic) bond motifs is 3. The van der Waals surface area contributed by atoms with Gasteiger partial charge in [-0.25, -0.2) is 0 Å². The number of rotatable bonds is 4. The molecule has 3 heterocycles. The average Bonchev–Trinajstić information content (AvgIpc) is 2.57. The van der Waals surface area contributed by atoms with E-state index in [0.29, 0.717) is 28.6 Å². The van der Waals surface area contributed by atoms with Crippen LogP contribution in [0.4, 0.5) is 0 Å². The molecule has 3 aliphatic heterocycles. The van der Waals surface area contributed by atoms with Gasteiger partial charge in [0, 0.05) is 17.6 Å². The summed E-state index contributed by atoms with van der Waals surface area (Å²) in [6, 6.07) is 7.54. The van der Waals surface area contributed by atoms with Gasteiger partial charge in [-0.05, 0) is 70.0 Å². The van der Waals surface area contributed by atoms with Gasteiger partial charge in [-0.2, -0.15) is 10.3 Å². The van der Waals surface area contributed by atoms with Gasteiger partial charge < -0.3 is 15.0 Å². The molecular weight excluding hydrogens is 324 g/mol. The molecule has 1 aromatic carbocycles. The fourth-order valence-electron chi connectivity index (χ4n) is 3.54. The molecule has 3 aliphatic rings. The first-order valence-electron chi connectivity index (χ1n) is 8.38. The highest BCUT2D eigenvalue weighted by molar-refractivity contribution is 6.30. The van der Waals surface area contributed by atoms with Crippen LogP contribution in [0, 0.1) is 17.4 Å². The minimum Gasteiger partial charge on any atom is -0.480 e. The predicted octanol–water partition coefficient (Wildman–Crippen LogP) is 3.06. The van der Waals surface area contributed by atoms with Crippen LogP contribution in [-0.4, -0.2) is 42.0 Å². The zero-order valence-corrected chi connectivity index (χ0v) is 14.9. The first kappa shape index (κ1) is 17.1. The SMILES string of the molecule is CC(C)(Oc1ccc(Cl)cc1)C(=NC#N)NC1CN2CCC1CC2. The van der Waals surface area contributed by atoms with E-state index in [4.69, 9.17) is 21.6 Å². The van der Waals surface area contributed by atoms with Crippen molar-refractivity contribution in [3.63, 3.8) is 0 Å². The number of nitrogens with zero attached hydrogens (tertiary/aromatic N) is 3. The summed E-state index contributed by atoms with van der Waals surface area (Å²) in [4.78, 5) is 6.50. The van der Waals surface area contributed by atoms with E-state index in [1.165, 1.54) is 25.9 Å². The van der Waals surface area contributed by atoms with E-state index in [0.717, 1.165) is 6.54 Å². The fraction of sp³-hybridized carbons (Fsp3) is 0.556. The second-order valence-corrected chi connectivity index (χ2v) is 7.45. The summed E-state index contributed by atoms with van der Waals surface area (Å²) in [5.74, 6) is 1.93. The molecule has 0 saturated carbocycles. The van der Waals surface area contributed by atoms with Crippen molar-refractivity contribution in [1.29, 1.82) is 5.26 Å². The van der Waals surface area contributed by atoms with Crippen molar-refractivity contribution in [3.8, 4) is 11.9 Å². The van der Waals surface area contributed by atoms with Gasteiger partial charge >= 0.3 is 0 Å². The topological polar surface area (TPSA) is 60.6 Å². The molecule has 2 bridgehead atoms. The number of nitriles is 1. The second kappa shape index (κ2) is 7.00. The van der Waals surface area contributed by atoms with Crippen LogP contribution >= 0.6 is 11.6 Å². The summed E-state index contributed by atoms with van der Waals surface area (Å²) in [6.07, 6.45) is 4.32. The number of hydrogen-bond acceptors (Lipinski definition) is 4. The summed E-state index contributed by atoms with van der Waals surface area (Å²) >= 11 is 5.92. The summed E-state index contributed by atoms with van der Waals surface area (Å²) in [5.41, 5.74) is -0.727. The van der Waals surface area contributed by atoms with E-state index in [9.17, 15) is 0 Å². The molecule has 1 atom stereocenters. The molecule has 0 aliphatic carbocycles. The van der Waals surface area contributed by atoms with Crippen LogP contribution in [-0.2, 0) is 0 Å². The van der Waals surface area contributed by atoms with Crippen molar-refractivity contribution in [2.75, 3.05) is 19.6 Å². The monoisotopic (exact) mass is 346 g/mol. The van der Waals surface area contributed by atoms with Crippen LogP contribution in [0.5, 0.6) is 5.75 Å². The van der Waals surface area contributed by atoms with Crippen LogP contribution in [0.25, 0.3) is 0 Å². The van der Waals surface area contributed by atoms with Gasteiger partial charge in [-0.1, -0.05) is 11.6 Å². The Morgan fingerprint density at radius 2 is 2.00 bits per heavy atom. The number of halogens is 1. The Morgan fingerprint density at radius 3 is 2.54 bits per heavy atom. The van der Waals surface area contributed by atoms with Crippen LogP contribution in [0.15, 0.2) is 29.3 Å². The van der Waals surface area contributed by atoms with Crippen molar-refractivity contribution in [1.82, 2.24) is 10.2 Å². The third kappa shape index (κ3) is 3.82. The van der Waals surface area contributed by atoms with E-state index in [1.54, 1.807) is 12.1 Å². The summed E-state index contributed by atoms with van der Waals surface area (Å²) in [7, 11) is 0. The van der Waals surface area contributed by atoms with Gasteiger partial charge in [0.2, 0.25) is 6.19 Å². The van der Waals surface area contributed by atoms with Gasteiger partial charge in [-0.3, -0.25) is 0 Å². The first-order valence-corrected chi connectivity index (χ1v) is 8.76. The molecule has 0 amide bonds. The van der Waals surface area contributed by atoms with Gasteiger partial charge in [0.1, 0.15) is 5.75 Å². The Hall–Kier alpha value is -1.77. The number of benzene rings is 1. The maximum atomic E-state index is 9.10. The highest BCUT2D eigenvalue weighted by Crippen LogP contribution is 2.28. The van der Waals surface area contributed by atoms with E-state index in [2.05, 4.69) is 15.2 Å². The molecule has 24 heavy (non-hydrogen) atoms. The number of piperidine rings is 3. The van der Waals surface area contributed by atoms with Gasteiger partial charge in [0.15, 0.2) is 11.4 Å². The molecule has 0 spiro atoms. The molecule has 4 rings (SSSR count). The summed E-state index contributed by atoms with van der Waals surface area (Å²) in [5, 5.41) is 13.3. The summed E-state index contributed by atoms with van der Waals surface area (Å²) < 4.78 is 6.08. The molecule has 0 radical (unpaired) electrons. The number of hydrogen-bond donors (Lipinski definition) is 1. The lowest BCUT2D eigenvalue weighted by Gasteiger charge is -2.46. The maximum absolute atomic E-state index is 9.10. The van der Waals surface area contributed by atoms with Crippen LogP contribution < -0.4 is 10.1 Å². The molecule has 1 aromatic rings. The standard InChI is InChI=1S/C18H23ClN4O/c1-18(2,24-15-5-3-14(19)4-6-15)17(21-12-20)22-16-11-23-9-7-13(16)8-10-23/h3-6,13,16H,7-11H2,1-2H3,(H,21,22). The molecular formula is C18H23ClN4O. The lowest BCUT2D eigenvalue weighted by atomic mass is 9.83. The fourth-order valence-corrected chi connectivity index (χ4v) is 3.67. The largest absolute Gasteiger partial charge is 0.480 e. The molecule has 1 unspecified atom stereocenters. The molecule has 6 heteroatoms. The molecule has 0 aromatic heterocycles. The number of ether oxygens (including phenoxy) is 1. The maximum Gasteiger partial charge on any atom is 0.207 e. The predicted molar refractivity (Wildman–Crippen MR) is 95.3 cm³/mol. The van der Waals surface area contributed by atoms with Crippen molar-refractivity contribution >= 4 is 17.4 Å². The van der Waals surface area contributed by atoms with Crippen molar-refractivity contribution < 1.29 is 4.74 Å². The van der Waals surface area contributed by atoms with Crippen molar-refractivity contribution in [3.05, 3.63) is 29.3 Å². The van der Waals surface area contributed by atoms with E-state index < -0.39 is 5.60 Å². The zero-order valence-electron chi connectivity index (χ0n) is 14.1. The van der Waals surface area contributed by atoms with E-state index >= 15 is 0 Å². The number of nitrogens with one attached hydrogen (secondary N) is 1.